The molecule has 0 atom stereocenters. The summed E-state index contributed by atoms with van der Waals surface area (Å²) >= 11 is 2.96. The smallest absolute Gasteiger partial charge is 0.325 e. The summed E-state index contributed by atoms with van der Waals surface area (Å²) in [7, 11) is 1.26. The lowest BCUT2D eigenvalue weighted by Crippen LogP contribution is -2.31. The van der Waals surface area contributed by atoms with Gasteiger partial charge in [-0.1, -0.05) is 36.0 Å². The zero-order chi connectivity index (χ0) is 20.6. The molecule has 2 N–H and O–H groups in total. The second-order valence-electron chi connectivity index (χ2n) is 6.01. The Kier molecular flexibility index (Phi) is 7.20. The maximum Gasteiger partial charge on any atom is 0.325 e. The first kappa shape index (κ1) is 20.8. The zero-order valence-corrected chi connectivity index (χ0v) is 17.3. The van der Waals surface area contributed by atoms with Gasteiger partial charge >= 0.3 is 5.97 Å². The highest BCUT2D eigenvalue weighted by molar-refractivity contribution is 8.01. The molecule has 0 spiro atoms. The predicted octanol–water partition coefficient (Wildman–Crippen LogP) is 2.86. The second-order valence-corrected chi connectivity index (χ2v) is 8.26. The number of aromatic nitrogens is 1. The molecule has 2 aromatic carbocycles. The fourth-order valence-electron chi connectivity index (χ4n) is 2.43. The molecule has 0 unspecified atom stereocenters. The number of esters is 1. The number of benzene rings is 2. The highest BCUT2D eigenvalue weighted by atomic mass is 32.2. The van der Waals surface area contributed by atoms with Crippen molar-refractivity contribution in [2.75, 3.05) is 24.7 Å². The fourth-order valence-corrected chi connectivity index (χ4v) is 4.30. The molecule has 1 aromatic heterocycles. The molecule has 2 amide bonds. The number of ether oxygens (including phenoxy) is 1. The Labute approximate surface area is 175 Å². The molecular formula is C20H19N3O4S2. The van der Waals surface area contributed by atoms with E-state index in [2.05, 4.69) is 20.4 Å². The number of thioether (sulfide) groups is 1. The molecule has 0 aliphatic carbocycles. The molecule has 0 saturated heterocycles. The van der Waals surface area contributed by atoms with Gasteiger partial charge in [-0.25, -0.2) is 4.98 Å². The van der Waals surface area contributed by atoms with E-state index in [0.29, 0.717) is 5.69 Å². The standard InChI is InChI=1S/C20H19N3O4S2/c1-27-19(26)11-21-17(24)10-13-6-8-14(9-7-13)22-18(25)12-28-20-23-15-4-2-3-5-16(15)29-20/h2-9H,10-12H2,1H3,(H,21,24)(H,22,25). The van der Waals surface area contributed by atoms with Crippen LogP contribution < -0.4 is 10.6 Å². The summed E-state index contributed by atoms with van der Waals surface area (Å²) < 4.78 is 6.42. The molecule has 0 radical (unpaired) electrons. The Balaban J connectivity index is 1.45. The van der Waals surface area contributed by atoms with Gasteiger partial charge in [-0.2, -0.15) is 0 Å². The largest absolute Gasteiger partial charge is 0.468 e. The summed E-state index contributed by atoms with van der Waals surface area (Å²) in [4.78, 5) is 39.5. The third-order valence-corrected chi connectivity index (χ3v) is 6.04. The number of thiazole rings is 1. The van der Waals surface area contributed by atoms with Crippen molar-refractivity contribution in [2.24, 2.45) is 0 Å². The number of anilines is 1. The third-order valence-electron chi connectivity index (χ3n) is 3.86. The van der Waals surface area contributed by atoms with E-state index in [9.17, 15) is 14.4 Å². The fraction of sp³-hybridized carbons (Fsp3) is 0.200. The van der Waals surface area contributed by atoms with Gasteiger partial charge in [0.05, 0.1) is 29.5 Å². The molecule has 0 aliphatic heterocycles. The first-order valence-electron chi connectivity index (χ1n) is 8.74. The molecule has 3 aromatic rings. The average Bonchev–Trinajstić information content (AvgIpc) is 3.15. The highest BCUT2D eigenvalue weighted by Crippen LogP contribution is 2.29. The molecule has 0 saturated carbocycles. The molecular weight excluding hydrogens is 410 g/mol. The summed E-state index contributed by atoms with van der Waals surface area (Å²) in [6.45, 7) is -0.157. The van der Waals surface area contributed by atoms with E-state index in [0.717, 1.165) is 20.1 Å². The van der Waals surface area contributed by atoms with Crippen LogP contribution in [0.4, 0.5) is 5.69 Å². The van der Waals surface area contributed by atoms with Crippen molar-refractivity contribution in [1.82, 2.24) is 10.3 Å². The van der Waals surface area contributed by atoms with Gasteiger partial charge in [0.1, 0.15) is 6.54 Å². The van der Waals surface area contributed by atoms with Gasteiger partial charge in [-0.3, -0.25) is 14.4 Å². The van der Waals surface area contributed by atoms with Crippen LogP contribution in [0.15, 0.2) is 52.9 Å². The molecule has 0 fully saturated rings. The van der Waals surface area contributed by atoms with E-state index in [1.807, 2.05) is 24.3 Å². The van der Waals surface area contributed by atoms with Crippen molar-refractivity contribution in [1.29, 1.82) is 0 Å². The number of fused-ring (bicyclic) bond motifs is 1. The van der Waals surface area contributed by atoms with Gasteiger partial charge in [0, 0.05) is 5.69 Å². The SMILES string of the molecule is COC(=O)CNC(=O)Cc1ccc(NC(=O)CSc2nc3ccccc3s2)cc1. The van der Waals surface area contributed by atoms with Gasteiger partial charge in [0.25, 0.3) is 0 Å². The molecule has 0 bridgehead atoms. The number of rotatable bonds is 8. The molecule has 9 heteroatoms. The van der Waals surface area contributed by atoms with Gasteiger partial charge in [0.15, 0.2) is 4.34 Å². The van der Waals surface area contributed by atoms with E-state index in [4.69, 9.17) is 0 Å². The lowest BCUT2D eigenvalue weighted by atomic mass is 10.1. The summed E-state index contributed by atoms with van der Waals surface area (Å²) in [5.74, 6) is -0.644. The molecule has 3 rings (SSSR count). The van der Waals surface area contributed by atoms with Crippen LogP contribution in [0.5, 0.6) is 0 Å². The van der Waals surface area contributed by atoms with Crippen LogP contribution in [0, 0.1) is 0 Å². The summed E-state index contributed by atoms with van der Waals surface area (Å²) in [5.41, 5.74) is 2.36. The summed E-state index contributed by atoms with van der Waals surface area (Å²) in [6, 6.07) is 14.9. The molecule has 0 aliphatic rings. The normalized spacial score (nSPS) is 10.5. The van der Waals surface area contributed by atoms with Crippen LogP contribution in [0.3, 0.4) is 0 Å². The molecule has 150 valence electrons. The maximum atomic E-state index is 12.2. The number of para-hydroxylation sites is 1. The average molecular weight is 430 g/mol. The number of carbonyl (C=O) groups is 3. The second kappa shape index (κ2) is 10.0. The molecule has 1 heterocycles. The highest BCUT2D eigenvalue weighted by Gasteiger charge is 2.09. The first-order chi connectivity index (χ1) is 14.0. The van der Waals surface area contributed by atoms with E-state index in [-0.39, 0.29) is 30.5 Å². The minimum absolute atomic E-state index is 0.127. The zero-order valence-electron chi connectivity index (χ0n) is 15.6. The lowest BCUT2D eigenvalue weighted by Gasteiger charge is -2.07. The van der Waals surface area contributed by atoms with Gasteiger partial charge < -0.3 is 15.4 Å². The number of hydrogen-bond acceptors (Lipinski definition) is 7. The molecule has 29 heavy (non-hydrogen) atoms. The van der Waals surface area contributed by atoms with Crippen LogP contribution in [-0.2, 0) is 25.5 Å². The minimum Gasteiger partial charge on any atom is -0.468 e. The van der Waals surface area contributed by atoms with E-state index >= 15 is 0 Å². The number of nitrogens with zero attached hydrogens (tertiary/aromatic N) is 1. The summed E-state index contributed by atoms with van der Waals surface area (Å²) in [6.07, 6.45) is 0.138. The van der Waals surface area contributed by atoms with Crippen LogP contribution in [0.2, 0.25) is 0 Å². The van der Waals surface area contributed by atoms with Crippen molar-refractivity contribution < 1.29 is 19.1 Å². The van der Waals surface area contributed by atoms with Gasteiger partial charge in [-0.15, -0.1) is 11.3 Å². The Morgan fingerprint density at radius 3 is 2.55 bits per heavy atom. The predicted molar refractivity (Wildman–Crippen MR) is 114 cm³/mol. The van der Waals surface area contributed by atoms with Gasteiger partial charge in [-0.05, 0) is 29.8 Å². The van der Waals surface area contributed by atoms with Gasteiger partial charge in [0.2, 0.25) is 11.8 Å². The van der Waals surface area contributed by atoms with Crippen molar-refractivity contribution in [2.45, 2.75) is 10.8 Å². The maximum absolute atomic E-state index is 12.2. The summed E-state index contributed by atoms with van der Waals surface area (Å²) in [5, 5.41) is 5.31. The lowest BCUT2D eigenvalue weighted by molar-refractivity contribution is -0.141. The monoisotopic (exact) mass is 429 g/mol. The minimum atomic E-state index is -0.500. The van der Waals surface area contributed by atoms with Crippen LogP contribution in [0.1, 0.15) is 5.56 Å². The van der Waals surface area contributed by atoms with Crippen molar-refractivity contribution in [3.8, 4) is 0 Å². The third kappa shape index (κ3) is 6.30. The number of amides is 2. The van der Waals surface area contributed by atoms with Crippen LogP contribution in [0.25, 0.3) is 10.2 Å². The van der Waals surface area contributed by atoms with E-state index < -0.39 is 5.97 Å². The Morgan fingerprint density at radius 1 is 1.07 bits per heavy atom. The van der Waals surface area contributed by atoms with Crippen LogP contribution in [-0.4, -0.2) is 42.2 Å². The van der Waals surface area contributed by atoms with E-state index in [1.165, 1.54) is 18.9 Å². The van der Waals surface area contributed by atoms with Crippen LogP contribution >= 0.6 is 23.1 Å². The molecule has 7 nitrogen and oxygen atoms in total. The Bertz CT molecular complexity index is 985. The number of methoxy groups -OCH3 is 1. The Hall–Kier alpha value is -2.91. The number of carbonyl (C=O) groups excluding carboxylic acids is 3. The number of nitrogens with one attached hydrogen (secondary N) is 2. The Morgan fingerprint density at radius 2 is 1.83 bits per heavy atom. The van der Waals surface area contributed by atoms with Crippen molar-refractivity contribution in [3.63, 3.8) is 0 Å². The quantitative estimate of drug-likeness (QED) is 0.422. The topological polar surface area (TPSA) is 97.4 Å². The van der Waals surface area contributed by atoms with E-state index in [1.54, 1.807) is 35.6 Å². The number of hydrogen-bond donors (Lipinski definition) is 2. The van der Waals surface area contributed by atoms with Crippen molar-refractivity contribution >= 4 is 56.8 Å². The van der Waals surface area contributed by atoms with Crippen molar-refractivity contribution in [3.05, 3.63) is 54.1 Å². The first-order valence-corrected chi connectivity index (χ1v) is 10.5.